The lowest BCUT2D eigenvalue weighted by Crippen LogP contribution is -2.35. The Morgan fingerprint density at radius 2 is 1.86 bits per heavy atom. The Hall–Kier alpha value is -1.92. The van der Waals surface area contributed by atoms with Crippen LogP contribution in [0.5, 0.6) is 0 Å². The van der Waals surface area contributed by atoms with Crippen LogP contribution in [-0.2, 0) is 11.2 Å². The number of hydrogen-bond acceptors (Lipinski definition) is 4. The predicted molar refractivity (Wildman–Crippen MR) is 76.0 cm³/mol. The minimum Gasteiger partial charge on any atom is -0.476 e. The quantitative estimate of drug-likeness (QED) is 0.885. The zero-order chi connectivity index (χ0) is 15.6. The van der Waals surface area contributed by atoms with Crippen LogP contribution in [0.1, 0.15) is 55.8 Å². The molecule has 2 heterocycles. The van der Waals surface area contributed by atoms with Gasteiger partial charge in [-0.3, -0.25) is 4.79 Å². The first-order valence-corrected chi connectivity index (χ1v) is 7.38. The van der Waals surface area contributed by atoms with E-state index < -0.39 is 12.0 Å². The molecule has 0 spiro atoms. The summed E-state index contributed by atoms with van der Waals surface area (Å²) in [6.07, 6.45) is 2.58. The van der Waals surface area contributed by atoms with Gasteiger partial charge >= 0.3 is 5.97 Å². The van der Waals surface area contributed by atoms with E-state index in [1.807, 2.05) is 18.7 Å². The smallest absolute Gasteiger partial charge is 0.358 e. The SMILES string of the molecule is CC(C)Cc1c(C(=O)O)nnn1C(C)C(=O)N1CCCC1. The van der Waals surface area contributed by atoms with E-state index in [0.29, 0.717) is 12.1 Å². The molecule has 1 fully saturated rings. The van der Waals surface area contributed by atoms with Crippen LogP contribution in [0, 0.1) is 5.92 Å². The third kappa shape index (κ3) is 3.22. The number of carboxylic acids is 1. The van der Waals surface area contributed by atoms with Gasteiger partial charge in [0.05, 0.1) is 5.69 Å². The van der Waals surface area contributed by atoms with Gasteiger partial charge in [-0.1, -0.05) is 19.1 Å². The van der Waals surface area contributed by atoms with E-state index >= 15 is 0 Å². The van der Waals surface area contributed by atoms with Gasteiger partial charge in [0.25, 0.3) is 0 Å². The molecule has 0 saturated carbocycles. The van der Waals surface area contributed by atoms with Crippen molar-refractivity contribution >= 4 is 11.9 Å². The van der Waals surface area contributed by atoms with Gasteiger partial charge in [-0.05, 0) is 32.1 Å². The van der Waals surface area contributed by atoms with E-state index in [1.54, 1.807) is 6.92 Å². The summed E-state index contributed by atoms with van der Waals surface area (Å²) in [6, 6.07) is -0.516. The van der Waals surface area contributed by atoms with E-state index in [0.717, 1.165) is 25.9 Å². The number of aromatic carboxylic acids is 1. The van der Waals surface area contributed by atoms with Gasteiger partial charge < -0.3 is 10.0 Å². The first-order valence-electron chi connectivity index (χ1n) is 7.38. The van der Waals surface area contributed by atoms with E-state index in [2.05, 4.69) is 10.3 Å². The Morgan fingerprint density at radius 1 is 1.24 bits per heavy atom. The molecule has 1 saturated heterocycles. The van der Waals surface area contributed by atoms with Crippen LogP contribution in [0.3, 0.4) is 0 Å². The fourth-order valence-corrected chi connectivity index (χ4v) is 2.67. The number of nitrogens with zero attached hydrogens (tertiary/aromatic N) is 4. The number of amides is 1. The van der Waals surface area contributed by atoms with Gasteiger partial charge in [-0.2, -0.15) is 0 Å². The van der Waals surface area contributed by atoms with Gasteiger partial charge in [0.2, 0.25) is 5.91 Å². The second-order valence-electron chi connectivity index (χ2n) is 5.94. The molecule has 116 valence electrons. The average Bonchev–Trinajstić information content (AvgIpc) is 3.05. The van der Waals surface area contributed by atoms with E-state index in [-0.39, 0.29) is 17.5 Å². The average molecular weight is 294 g/mol. The highest BCUT2D eigenvalue weighted by Gasteiger charge is 2.29. The number of likely N-dealkylation sites (tertiary alicyclic amines) is 1. The second kappa shape index (κ2) is 6.24. The molecule has 7 nitrogen and oxygen atoms in total. The number of hydrogen-bond donors (Lipinski definition) is 1. The predicted octanol–water partition coefficient (Wildman–Crippen LogP) is 1.36. The van der Waals surface area contributed by atoms with Crippen molar-refractivity contribution in [1.82, 2.24) is 19.9 Å². The summed E-state index contributed by atoms with van der Waals surface area (Å²) in [6.45, 7) is 7.28. The minimum atomic E-state index is -1.10. The van der Waals surface area contributed by atoms with Crippen LogP contribution >= 0.6 is 0 Å². The molecule has 1 aromatic rings. The summed E-state index contributed by atoms with van der Waals surface area (Å²) in [4.78, 5) is 25.5. The van der Waals surface area contributed by atoms with E-state index in [1.165, 1.54) is 4.68 Å². The Bertz CT molecular complexity index is 532. The largest absolute Gasteiger partial charge is 0.476 e. The molecule has 2 rings (SSSR count). The Kier molecular flexibility index (Phi) is 4.59. The minimum absolute atomic E-state index is 0.0145. The summed E-state index contributed by atoms with van der Waals surface area (Å²) in [5, 5.41) is 16.9. The summed E-state index contributed by atoms with van der Waals surface area (Å²) in [5.41, 5.74) is 0.474. The molecule has 1 N–H and O–H groups in total. The van der Waals surface area contributed by atoms with Gasteiger partial charge in [-0.25, -0.2) is 9.48 Å². The van der Waals surface area contributed by atoms with Crippen molar-refractivity contribution in [1.29, 1.82) is 0 Å². The topological polar surface area (TPSA) is 88.3 Å². The summed E-state index contributed by atoms with van der Waals surface area (Å²) in [7, 11) is 0. The zero-order valence-electron chi connectivity index (χ0n) is 12.7. The van der Waals surface area contributed by atoms with E-state index in [9.17, 15) is 14.7 Å². The first-order chi connectivity index (χ1) is 9.91. The zero-order valence-corrected chi connectivity index (χ0v) is 12.7. The fraction of sp³-hybridized carbons (Fsp3) is 0.714. The van der Waals surface area contributed by atoms with Crippen LogP contribution in [0.25, 0.3) is 0 Å². The molecule has 1 aliphatic heterocycles. The molecular formula is C14H22N4O3. The molecule has 0 aliphatic carbocycles. The molecular weight excluding hydrogens is 272 g/mol. The molecule has 0 bridgehead atoms. The van der Waals surface area contributed by atoms with Crippen molar-refractivity contribution in [3.63, 3.8) is 0 Å². The maximum atomic E-state index is 12.5. The number of aromatic nitrogens is 3. The lowest BCUT2D eigenvalue weighted by atomic mass is 10.1. The molecule has 1 aromatic heterocycles. The fourth-order valence-electron chi connectivity index (χ4n) is 2.67. The maximum absolute atomic E-state index is 12.5. The van der Waals surface area contributed by atoms with Gasteiger partial charge in [0.15, 0.2) is 5.69 Å². The van der Waals surface area contributed by atoms with Gasteiger partial charge in [-0.15, -0.1) is 5.10 Å². The standard InChI is InChI=1S/C14H22N4O3/c1-9(2)8-11-12(14(20)21)15-16-18(11)10(3)13(19)17-6-4-5-7-17/h9-10H,4-8H2,1-3H3,(H,20,21). The van der Waals surface area contributed by atoms with Gasteiger partial charge in [0.1, 0.15) is 6.04 Å². The molecule has 0 aromatic carbocycles. The summed E-state index contributed by atoms with van der Waals surface area (Å²) in [5.74, 6) is -0.855. The Labute approximate surface area is 123 Å². The van der Waals surface area contributed by atoms with Crippen molar-refractivity contribution in [3.05, 3.63) is 11.4 Å². The molecule has 1 unspecified atom stereocenters. The molecule has 0 radical (unpaired) electrons. The normalized spacial score (nSPS) is 16.5. The van der Waals surface area contributed by atoms with E-state index in [4.69, 9.17) is 0 Å². The lowest BCUT2D eigenvalue weighted by Gasteiger charge is -2.21. The monoisotopic (exact) mass is 294 g/mol. The Balaban J connectivity index is 2.29. The van der Waals surface area contributed by atoms with Crippen LogP contribution in [0.2, 0.25) is 0 Å². The lowest BCUT2D eigenvalue weighted by molar-refractivity contribution is -0.133. The third-order valence-corrected chi connectivity index (χ3v) is 3.74. The number of carbonyl (C=O) groups is 2. The molecule has 21 heavy (non-hydrogen) atoms. The van der Waals surface area contributed by atoms with Gasteiger partial charge in [0, 0.05) is 13.1 Å². The van der Waals surface area contributed by atoms with Crippen molar-refractivity contribution in [2.24, 2.45) is 5.92 Å². The van der Waals surface area contributed by atoms with Crippen molar-refractivity contribution < 1.29 is 14.7 Å². The van der Waals surface area contributed by atoms with Crippen LogP contribution < -0.4 is 0 Å². The van der Waals surface area contributed by atoms with Crippen molar-refractivity contribution in [3.8, 4) is 0 Å². The molecule has 1 atom stereocenters. The number of rotatable bonds is 5. The van der Waals surface area contributed by atoms with Crippen LogP contribution in [0.4, 0.5) is 0 Å². The molecule has 1 aliphatic rings. The first kappa shape index (κ1) is 15.5. The Morgan fingerprint density at radius 3 is 2.38 bits per heavy atom. The highest BCUT2D eigenvalue weighted by atomic mass is 16.4. The highest BCUT2D eigenvalue weighted by Crippen LogP contribution is 2.20. The second-order valence-corrected chi connectivity index (χ2v) is 5.94. The summed E-state index contributed by atoms with van der Waals surface area (Å²) >= 11 is 0. The molecule has 7 heteroatoms. The molecule has 1 amide bonds. The summed E-state index contributed by atoms with van der Waals surface area (Å²) < 4.78 is 1.48. The van der Waals surface area contributed by atoms with Crippen molar-refractivity contribution in [2.45, 2.75) is 46.1 Å². The van der Waals surface area contributed by atoms with Crippen molar-refractivity contribution in [2.75, 3.05) is 13.1 Å². The number of carboxylic acid groups (broad SMARTS) is 1. The third-order valence-electron chi connectivity index (χ3n) is 3.74. The van der Waals surface area contributed by atoms with Crippen LogP contribution in [-0.4, -0.2) is 50.0 Å². The van der Waals surface area contributed by atoms with Crippen LogP contribution in [0.15, 0.2) is 0 Å². The number of carbonyl (C=O) groups excluding carboxylic acids is 1. The highest BCUT2D eigenvalue weighted by molar-refractivity contribution is 5.87. The maximum Gasteiger partial charge on any atom is 0.358 e.